The molecule has 0 saturated heterocycles. The Bertz CT molecular complexity index is 364. The molecule has 1 amide bonds. The molecule has 108 valence electrons. The third-order valence-corrected chi connectivity index (χ3v) is 2.95. The van der Waals surface area contributed by atoms with Crippen molar-refractivity contribution in [3.8, 4) is 0 Å². The number of aromatic nitrogens is 3. The Morgan fingerprint density at radius 2 is 2.05 bits per heavy atom. The molecule has 1 rings (SSSR count). The molecule has 6 nitrogen and oxygen atoms in total. The van der Waals surface area contributed by atoms with Gasteiger partial charge in [0.2, 0.25) is 5.91 Å². The molecular formula is C13H25N5O. The van der Waals surface area contributed by atoms with Gasteiger partial charge in [-0.05, 0) is 6.42 Å². The minimum atomic E-state index is -0.0259. The maximum absolute atomic E-state index is 11.6. The van der Waals surface area contributed by atoms with E-state index in [0.29, 0.717) is 12.2 Å². The topological polar surface area (TPSA) is 85.8 Å². The van der Waals surface area contributed by atoms with Gasteiger partial charge >= 0.3 is 0 Å². The number of hydrogen-bond acceptors (Lipinski definition) is 4. The van der Waals surface area contributed by atoms with Gasteiger partial charge in [0.1, 0.15) is 6.54 Å². The third kappa shape index (κ3) is 6.91. The maximum Gasteiger partial charge on any atom is 0.241 e. The average molecular weight is 267 g/mol. The number of unbranched alkanes of at least 4 members (excludes halogenated alkanes) is 5. The fourth-order valence-electron chi connectivity index (χ4n) is 1.85. The zero-order chi connectivity index (χ0) is 13.9. The molecule has 1 aromatic heterocycles. The van der Waals surface area contributed by atoms with Gasteiger partial charge in [-0.3, -0.25) is 4.79 Å². The van der Waals surface area contributed by atoms with Crippen LogP contribution < -0.4 is 11.1 Å². The molecule has 0 aromatic carbocycles. The summed E-state index contributed by atoms with van der Waals surface area (Å²) in [6.07, 6.45) is 9.05. The van der Waals surface area contributed by atoms with E-state index in [9.17, 15) is 4.79 Å². The van der Waals surface area contributed by atoms with E-state index < -0.39 is 0 Å². The average Bonchev–Trinajstić information content (AvgIpc) is 2.85. The molecular weight excluding hydrogens is 242 g/mol. The number of nitrogens with one attached hydrogen (secondary N) is 1. The first-order chi connectivity index (χ1) is 9.26. The van der Waals surface area contributed by atoms with Crippen LogP contribution in [0.2, 0.25) is 0 Å². The second-order valence-corrected chi connectivity index (χ2v) is 4.73. The second-order valence-electron chi connectivity index (χ2n) is 4.73. The Hall–Kier alpha value is -1.43. The summed E-state index contributed by atoms with van der Waals surface area (Å²) in [5.74, 6) is -0.0259. The molecule has 0 bridgehead atoms. The zero-order valence-corrected chi connectivity index (χ0v) is 11.8. The molecule has 0 fully saturated rings. The number of amides is 1. The Balaban J connectivity index is 2.04. The summed E-state index contributed by atoms with van der Waals surface area (Å²) in [6, 6.07) is 0. The van der Waals surface area contributed by atoms with Gasteiger partial charge in [0.15, 0.2) is 0 Å². The monoisotopic (exact) mass is 267 g/mol. The lowest BCUT2D eigenvalue weighted by atomic mass is 10.1. The van der Waals surface area contributed by atoms with Crippen molar-refractivity contribution in [3.05, 3.63) is 11.9 Å². The molecule has 0 aliphatic carbocycles. The van der Waals surface area contributed by atoms with E-state index in [2.05, 4.69) is 22.6 Å². The molecule has 0 atom stereocenters. The van der Waals surface area contributed by atoms with Crippen molar-refractivity contribution in [1.82, 2.24) is 20.3 Å². The smallest absolute Gasteiger partial charge is 0.241 e. The molecule has 0 radical (unpaired) electrons. The summed E-state index contributed by atoms with van der Waals surface area (Å²) in [5, 5.41) is 10.6. The molecule has 1 heterocycles. The fourth-order valence-corrected chi connectivity index (χ4v) is 1.85. The maximum atomic E-state index is 11.6. The standard InChI is InChI=1S/C13H25N5O/c1-2-3-4-5-6-7-8-15-13(19)11-18-10-12(9-14)16-17-18/h10H,2-9,11,14H2,1H3,(H,15,19). The first kappa shape index (κ1) is 15.6. The van der Waals surface area contributed by atoms with Crippen molar-refractivity contribution >= 4 is 5.91 Å². The predicted molar refractivity (Wildman–Crippen MR) is 74.3 cm³/mol. The summed E-state index contributed by atoms with van der Waals surface area (Å²) in [5.41, 5.74) is 6.12. The van der Waals surface area contributed by atoms with E-state index in [4.69, 9.17) is 5.73 Å². The van der Waals surface area contributed by atoms with Crippen LogP contribution in [-0.4, -0.2) is 27.4 Å². The van der Waals surface area contributed by atoms with Gasteiger partial charge in [-0.2, -0.15) is 0 Å². The van der Waals surface area contributed by atoms with Crippen molar-refractivity contribution < 1.29 is 4.79 Å². The van der Waals surface area contributed by atoms with Crippen LogP contribution in [-0.2, 0) is 17.9 Å². The van der Waals surface area contributed by atoms with Crippen LogP contribution in [0, 0.1) is 0 Å². The minimum absolute atomic E-state index is 0.0259. The van der Waals surface area contributed by atoms with Crippen LogP contribution in [0.5, 0.6) is 0 Å². The predicted octanol–water partition coefficient (Wildman–Crippen LogP) is 1.21. The normalized spacial score (nSPS) is 10.6. The third-order valence-electron chi connectivity index (χ3n) is 2.95. The highest BCUT2D eigenvalue weighted by Crippen LogP contribution is 2.04. The first-order valence-corrected chi connectivity index (χ1v) is 7.12. The molecule has 19 heavy (non-hydrogen) atoms. The van der Waals surface area contributed by atoms with Crippen molar-refractivity contribution in [2.45, 2.75) is 58.5 Å². The molecule has 1 aromatic rings. The molecule has 0 aliphatic heterocycles. The Labute approximate surface area is 114 Å². The highest BCUT2D eigenvalue weighted by Gasteiger charge is 2.04. The molecule has 0 unspecified atom stereocenters. The SMILES string of the molecule is CCCCCCCCNC(=O)Cn1cc(CN)nn1. The van der Waals surface area contributed by atoms with Crippen LogP contribution in [0.4, 0.5) is 0 Å². The van der Waals surface area contributed by atoms with Gasteiger partial charge in [-0.1, -0.05) is 44.2 Å². The first-order valence-electron chi connectivity index (χ1n) is 7.12. The Morgan fingerprint density at radius 3 is 2.74 bits per heavy atom. The van der Waals surface area contributed by atoms with Crippen LogP contribution in [0.15, 0.2) is 6.20 Å². The lowest BCUT2D eigenvalue weighted by Gasteiger charge is -2.04. The molecule has 0 saturated carbocycles. The number of nitrogens with zero attached hydrogens (tertiary/aromatic N) is 3. The van der Waals surface area contributed by atoms with Gasteiger partial charge in [0, 0.05) is 13.1 Å². The fraction of sp³-hybridized carbons (Fsp3) is 0.769. The van der Waals surface area contributed by atoms with Crippen LogP contribution >= 0.6 is 0 Å². The number of carbonyl (C=O) groups excluding carboxylic acids is 1. The number of carbonyl (C=O) groups is 1. The van der Waals surface area contributed by atoms with Crippen LogP contribution in [0.25, 0.3) is 0 Å². The van der Waals surface area contributed by atoms with E-state index in [1.165, 1.54) is 36.8 Å². The molecule has 3 N–H and O–H groups in total. The Kier molecular flexibility index (Phi) is 7.81. The Morgan fingerprint density at radius 1 is 1.32 bits per heavy atom. The minimum Gasteiger partial charge on any atom is -0.354 e. The van der Waals surface area contributed by atoms with Crippen molar-refractivity contribution in [1.29, 1.82) is 0 Å². The lowest BCUT2D eigenvalue weighted by molar-refractivity contribution is -0.121. The van der Waals surface area contributed by atoms with Crippen LogP contribution in [0.3, 0.4) is 0 Å². The van der Waals surface area contributed by atoms with E-state index in [0.717, 1.165) is 13.0 Å². The van der Waals surface area contributed by atoms with Crippen LogP contribution in [0.1, 0.15) is 51.1 Å². The van der Waals surface area contributed by atoms with E-state index >= 15 is 0 Å². The highest BCUT2D eigenvalue weighted by atomic mass is 16.2. The summed E-state index contributed by atoms with van der Waals surface area (Å²) in [7, 11) is 0. The quantitative estimate of drug-likeness (QED) is 0.624. The lowest BCUT2D eigenvalue weighted by Crippen LogP contribution is -2.28. The van der Waals surface area contributed by atoms with E-state index in [1.807, 2.05) is 0 Å². The van der Waals surface area contributed by atoms with Gasteiger partial charge in [-0.25, -0.2) is 4.68 Å². The number of hydrogen-bond donors (Lipinski definition) is 2. The molecule has 0 spiro atoms. The second kappa shape index (κ2) is 9.49. The zero-order valence-electron chi connectivity index (χ0n) is 11.8. The van der Waals surface area contributed by atoms with E-state index in [1.54, 1.807) is 6.20 Å². The van der Waals surface area contributed by atoms with E-state index in [-0.39, 0.29) is 12.5 Å². The summed E-state index contributed by atoms with van der Waals surface area (Å²) < 4.78 is 1.51. The van der Waals surface area contributed by atoms with Gasteiger partial charge in [0.25, 0.3) is 0 Å². The van der Waals surface area contributed by atoms with Crippen molar-refractivity contribution in [2.75, 3.05) is 6.54 Å². The summed E-state index contributed by atoms with van der Waals surface area (Å²) >= 11 is 0. The van der Waals surface area contributed by atoms with Gasteiger partial charge < -0.3 is 11.1 Å². The number of nitrogens with two attached hydrogens (primary N) is 1. The summed E-state index contributed by atoms with van der Waals surface area (Å²) in [6.45, 7) is 3.51. The highest BCUT2D eigenvalue weighted by molar-refractivity contribution is 5.75. The van der Waals surface area contributed by atoms with Crippen molar-refractivity contribution in [2.24, 2.45) is 5.73 Å². The van der Waals surface area contributed by atoms with Gasteiger partial charge in [0.05, 0.1) is 11.9 Å². The largest absolute Gasteiger partial charge is 0.354 e. The summed E-state index contributed by atoms with van der Waals surface area (Å²) in [4.78, 5) is 11.6. The number of rotatable bonds is 10. The molecule has 6 heteroatoms. The van der Waals surface area contributed by atoms with Gasteiger partial charge in [-0.15, -0.1) is 5.10 Å². The molecule has 0 aliphatic rings. The van der Waals surface area contributed by atoms with Crippen molar-refractivity contribution in [3.63, 3.8) is 0 Å².